The van der Waals surface area contributed by atoms with Crippen molar-refractivity contribution in [1.82, 2.24) is 0 Å². The number of fused-ring (bicyclic) bond motifs is 1. The normalized spacial score (nSPS) is 18.5. The monoisotopic (exact) mass is 381 g/mol. The van der Waals surface area contributed by atoms with Gasteiger partial charge in [-0.15, -0.1) is 0 Å². The highest BCUT2D eigenvalue weighted by molar-refractivity contribution is 6.09. The topological polar surface area (TPSA) is 66.8 Å². The van der Waals surface area contributed by atoms with Gasteiger partial charge in [-0.25, -0.2) is 0 Å². The molecule has 0 radical (unpaired) electrons. The predicted octanol–water partition coefficient (Wildman–Crippen LogP) is 3.80. The smallest absolute Gasteiger partial charge is 0.264 e. The number of amides is 1. The van der Waals surface area contributed by atoms with Gasteiger partial charge in [0.1, 0.15) is 11.5 Å². The Kier molecular flexibility index (Phi) is 5.31. The lowest BCUT2D eigenvalue weighted by Gasteiger charge is -2.24. The Morgan fingerprint density at radius 3 is 2.54 bits per heavy atom. The summed E-state index contributed by atoms with van der Waals surface area (Å²) >= 11 is 0. The summed E-state index contributed by atoms with van der Waals surface area (Å²) in [5.41, 5.74) is 2.04. The van der Waals surface area contributed by atoms with E-state index >= 15 is 0 Å². The number of carbonyl (C=O) groups is 2. The van der Waals surface area contributed by atoms with Crippen molar-refractivity contribution in [1.29, 1.82) is 0 Å². The van der Waals surface area contributed by atoms with Crippen LogP contribution in [0.4, 0.5) is 5.69 Å². The minimum absolute atomic E-state index is 0.00162. The van der Waals surface area contributed by atoms with Crippen molar-refractivity contribution in [2.75, 3.05) is 4.90 Å². The molecule has 2 aromatic carbocycles. The van der Waals surface area contributed by atoms with Crippen molar-refractivity contribution in [2.45, 2.75) is 59.3 Å². The predicted molar refractivity (Wildman–Crippen MR) is 109 cm³/mol. The Morgan fingerprint density at radius 2 is 1.89 bits per heavy atom. The zero-order valence-corrected chi connectivity index (χ0v) is 17.1. The van der Waals surface area contributed by atoms with E-state index in [1.165, 1.54) is 6.92 Å². The third kappa shape index (κ3) is 3.54. The van der Waals surface area contributed by atoms with Gasteiger partial charge in [-0.05, 0) is 46.2 Å². The van der Waals surface area contributed by atoms with E-state index < -0.39 is 11.5 Å². The summed E-state index contributed by atoms with van der Waals surface area (Å²) in [6.45, 7) is 9.39. The van der Waals surface area contributed by atoms with Crippen LogP contribution in [-0.4, -0.2) is 22.9 Å². The molecule has 2 aromatic rings. The van der Waals surface area contributed by atoms with Crippen LogP contribution in [0, 0.1) is 13.8 Å². The fourth-order valence-electron chi connectivity index (χ4n) is 3.93. The molecule has 0 spiro atoms. The highest BCUT2D eigenvalue weighted by Gasteiger charge is 2.51. The van der Waals surface area contributed by atoms with Crippen LogP contribution in [0.15, 0.2) is 36.4 Å². The van der Waals surface area contributed by atoms with Crippen LogP contribution < -0.4 is 9.64 Å². The number of ketones is 1. The van der Waals surface area contributed by atoms with Crippen LogP contribution in [0.2, 0.25) is 0 Å². The molecule has 1 aliphatic heterocycles. The quantitative estimate of drug-likeness (QED) is 0.826. The zero-order chi connectivity index (χ0) is 20.6. The average molecular weight is 381 g/mol. The van der Waals surface area contributed by atoms with Gasteiger partial charge in [0.15, 0.2) is 5.60 Å². The molecule has 28 heavy (non-hydrogen) atoms. The second-order valence-corrected chi connectivity index (χ2v) is 7.88. The van der Waals surface area contributed by atoms with E-state index in [9.17, 15) is 14.7 Å². The molecule has 1 N–H and O–H groups in total. The van der Waals surface area contributed by atoms with E-state index in [0.29, 0.717) is 17.0 Å². The van der Waals surface area contributed by atoms with Gasteiger partial charge in [0.05, 0.1) is 18.3 Å². The molecule has 3 rings (SSSR count). The van der Waals surface area contributed by atoms with Crippen LogP contribution in [0.5, 0.6) is 5.75 Å². The van der Waals surface area contributed by atoms with Gasteiger partial charge < -0.3 is 14.7 Å². The molecular formula is C23H27NO4. The van der Waals surface area contributed by atoms with Gasteiger partial charge in [-0.1, -0.05) is 35.9 Å². The van der Waals surface area contributed by atoms with Crippen LogP contribution in [0.3, 0.4) is 0 Å². The summed E-state index contributed by atoms with van der Waals surface area (Å²) in [6, 6.07) is 11.4. The molecule has 0 bridgehead atoms. The SMILES string of the molecule is CC(=O)CC1(O)C(=O)N(Cc2ccccc2OC(C)C)c2c(C)cc(C)cc21. The van der Waals surface area contributed by atoms with Gasteiger partial charge in [-0.3, -0.25) is 9.59 Å². The number of nitrogens with zero attached hydrogens (tertiary/aromatic N) is 1. The molecule has 5 heteroatoms. The molecule has 1 atom stereocenters. The molecular weight excluding hydrogens is 354 g/mol. The molecule has 148 valence electrons. The van der Waals surface area contributed by atoms with Crippen molar-refractivity contribution in [3.8, 4) is 5.75 Å². The van der Waals surface area contributed by atoms with Gasteiger partial charge in [0, 0.05) is 17.5 Å². The second kappa shape index (κ2) is 7.40. The van der Waals surface area contributed by atoms with E-state index in [2.05, 4.69) is 0 Å². The third-order valence-corrected chi connectivity index (χ3v) is 4.93. The van der Waals surface area contributed by atoms with Gasteiger partial charge in [-0.2, -0.15) is 0 Å². The van der Waals surface area contributed by atoms with Crippen LogP contribution in [0.1, 0.15) is 49.4 Å². The van der Waals surface area contributed by atoms with Crippen molar-refractivity contribution in [2.24, 2.45) is 0 Å². The number of aryl methyl sites for hydroxylation is 2. The van der Waals surface area contributed by atoms with E-state index in [0.717, 1.165) is 16.7 Å². The Labute approximate surface area is 165 Å². The van der Waals surface area contributed by atoms with Gasteiger partial charge in [0.25, 0.3) is 5.91 Å². The van der Waals surface area contributed by atoms with Crippen LogP contribution >= 0.6 is 0 Å². The standard InChI is InChI=1S/C23H27NO4/c1-14(2)28-20-9-7-6-8-18(20)13-24-21-16(4)10-15(3)11-19(21)23(27,22(24)26)12-17(5)25/h6-11,14,27H,12-13H2,1-5H3. The Morgan fingerprint density at radius 1 is 1.21 bits per heavy atom. The fourth-order valence-corrected chi connectivity index (χ4v) is 3.93. The lowest BCUT2D eigenvalue weighted by atomic mass is 9.88. The molecule has 5 nitrogen and oxygen atoms in total. The maximum Gasteiger partial charge on any atom is 0.264 e. The maximum absolute atomic E-state index is 13.3. The first-order valence-corrected chi connectivity index (χ1v) is 9.53. The summed E-state index contributed by atoms with van der Waals surface area (Å²) in [7, 11) is 0. The Bertz CT molecular complexity index is 934. The number of benzene rings is 2. The maximum atomic E-state index is 13.3. The van der Waals surface area contributed by atoms with E-state index in [1.54, 1.807) is 11.0 Å². The van der Waals surface area contributed by atoms with Crippen molar-refractivity contribution in [3.63, 3.8) is 0 Å². The van der Waals surface area contributed by atoms with E-state index in [1.807, 2.05) is 58.0 Å². The number of rotatable bonds is 6. The summed E-state index contributed by atoms with van der Waals surface area (Å²) < 4.78 is 5.89. The van der Waals surface area contributed by atoms with Gasteiger partial charge in [0.2, 0.25) is 0 Å². The first kappa shape index (κ1) is 20.1. The summed E-state index contributed by atoms with van der Waals surface area (Å²) in [5, 5.41) is 11.3. The van der Waals surface area contributed by atoms with Gasteiger partial charge >= 0.3 is 0 Å². The largest absolute Gasteiger partial charge is 0.491 e. The highest BCUT2D eigenvalue weighted by atomic mass is 16.5. The third-order valence-electron chi connectivity index (χ3n) is 4.93. The molecule has 1 unspecified atom stereocenters. The molecule has 0 fully saturated rings. The summed E-state index contributed by atoms with van der Waals surface area (Å²) in [4.78, 5) is 26.7. The minimum atomic E-state index is -1.83. The molecule has 1 amide bonds. The number of para-hydroxylation sites is 1. The number of hydrogen-bond donors (Lipinski definition) is 1. The molecule has 0 aromatic heterocycles. The summed E-state index contributed by atoms with van der Waals surface area (Å²) in [6.07, 6.45) is -0.232. The molecule has 1 aliphatic rings. The fraction of sp³-hybridized carbons (Fsp3) is 0.391. The molecule has 0 saturated heterocycles. The lowest BCUT2D eigenvalue weighted by molar-refractivity contribution is -0.141. The number of carbonyl (C=O) groups excluding carboxylic acids is 2. The number of ether oxygens (including phenoxy) is 1. The Hall–Kier alpha value is -2.66. The Balaban J connectivity index is 2.09. The first-order valence-electron chi connectivity index (χ1n) is 9.53. The zero-order valence-electron chi connectivity index (χ0n) is 17.1. The molecule has 0 saturated carbocycles. The lowest BCUT2D eigenvalue weighted by Crippen LogP contribution is -2.41. The number of aliphatic hydroxyl groups is 1. The van der Waals surface area contributed by atoms with Crippen LogP contribution in [0.25, 0.3) is 0 Å². The first-order chi connectivity index (χ1) is 13.1. The van der Waals surface area contributed by atoms with Crippen molar-refractivity contribution >= 4 is 17.4 Å². The number of anilines is 1. The summed E-state index contributed by atoms with van der Waals surface area (Å²) in [5.74, 6) is 0.00993. The second-order valence-electron chi connectivity index (χ2n) is 7.88. The van der Waals surface area contributed by atoms with E-state index in [4.69, 9.17) is 4.74 Å². The minimum Gasteiger partial charge on any atom is -0.491 e. The number of hydrogen-bond acceptors (Lipinski definition) is 4. The van der Waals surface area contributed by atoms with E-state index in [-0.39, 0.29) is 24.9 Å². The average Bonchev–Trinajstić information content (AvgIpc) is 2.77. The molecule has 0 aliphatic carbocycles. The van der Waals surface area contributed by atoms with Crippen LogP contribution in [-0.2, 0) is 21.7 Å². The van der Waals surface area contributed by atoms with Crippen molar-refractivity contribution in [3.05, 3.63) is 58.7 Å². The number of Topliss-reactive ketones (excluding diaryl/α,β-unsaturated/α-hetero) is 1. The van der Waals surface area contributed by atoms with Crippen molar-refractivity contribution < 1.29 is 19.4 Å². The highest BCUT2D eigenvalue weighted by Crippen LogP contribution is 2.46. The molecule has 1 heterocycles.